The summed E-state index contributed by atoms with van der Waals surface area (Å²) in [5.74, 6) is -0.202. The van der Waals surface area contributed by atoms with Crippen LogP contribution in [0.1, 0.15) is 43.6 Å². The Morgan fingerprint density at radius 3 is 2.43 bits per heavy atom. The average Bonchev–Trinajstić information content (AvgIpc) is 3.03. The molecule has 28 heavy (non-hydrogen) atoms. The molecule has 0 saturated heterocycles. The van der Waals surface area contributed by atoms with E-state index in [1.807, 2.05) is 26.8 Å². The number of anilines is 2. The zero-order chi connectivity index (χ0) is 20.7. The van der Waals surface area contributed by atoms with E-state index in [4.69, 9.17) is 0 Å². The van der Waals surface area contributed by atoms with Gasteiger partial charge in [0.15, 0.2) is 5.78 Å². The highest BCUT2D eigenvalue weighted by Crippen LogP contribution is 2.34. The molecule has 148 valence electrons. The maximum atomic E-state index is 12.7. The van der Waals surface area contributed by atoms with Gasteiger partial charge < -0.3 is 4.90 Å². The highest BCUT2D eigenvalue weighted by atomic mass is 32.2. The summed E-state index contributed by atoms with van der Waals surface area (Å²) in [5.41, 5.74) is 1.93. The Morgan fingerprint density at radius 1 is 1.07 bits per heavy atom. The first-order valence-electron chi connectivity index (χ1n) is 9.08. The fourth-order valence-electron chi connectivity index (χ4n) is 3.15. The molecule has 0 spiro atoms. The summed E-state index contributed by atoms with van der Waals surface area (Å²) in [5, 5.41) is 0. The summed E-state index contributed by atoms with van der Waals surface area (Å²) < 4.78 is 28.0. The Bertz CT molecular complexity index is 1050. The highest BCUT2D eigenvalue weighted by Gasteiger charge is 2.32. The molecule has 1 N–H and O–H groups in total. The van der Waals surface area contributed by atoms with Crippen LogP contribution in [0.4, 0.5) is 11.4 Å². The number of carbonyl (C=O) groups is 2. The van der Waals surface area contributed by atoms with Crippen molar-refractivity contribution in [1.82, 2.24) is 0 Å². The van der Waals surface area contributed by atoms with Crippen LogP contribution in [-0.2, 0) is 21.2 Å². The largest absolute Gasteiger partial charge is 0.311 e. The molecule has 1 aliphatic heterocycles. The number of nitrogens with one attached hydrogen (secondary N) is 1. The molecule has 1 aliphatic rings. The molecule has 0 atom stereocenters. The SMILES string of the molecule is CC(=O)c1cccc(S(=O)(=O)Nc2ccc3c(c2)N(C(=O)C(C)(C)C)CC3)c1. The Morgan fingerprint density at radius 2 is 1.79 bits per heavy atom. The van der Waals surface area contributed by atoms with Crippen molar-refractivity contribution in [3.63, 3.8) is 0 Å². The Balaban J connectivity index is 1.91. The number of fused-ring (bicyclic) bond motifs is 1. The van der Waals surface area contributed by atoms with Crippen LogP contribution in [0.2, 0.25) is 0 Å². The van der Waals surface area contributed by atoms with Crippen LogP contribution in [0.15, 0.2) is 47.4 Å². The van der Waals surface area contributed by atoms with Crippen LogP contribution in [0.5, 0.6) is 0 Å². The predicted molar refractivity (Wildman–Crippen MR) is 109 cm³/mol. The van der Waals surface area contributed by atoms with E-state index in [9.17, 15) is 18.0 Å². The van der Waals surface area contributed by atoms with Gasteiger partial charge in [-0.15, -0.1) is 0 Å². The lowest BCUT2D eigenvalue weighted by molar-refractivity contribution is -0.125. The molecule has 0 aromatic heterocycles. The van der Waals surface area contributed by atoms with E-state index in [0.717, 1.165) is 17.7 Å². The molecular formula is C21H24N2O4S. The summed E-state index contributed by atoms with van der Waals surface area (Å²) in [6, 6.07) is 11.1. The molecule has 0 unspecified atom stereocenters. The first-order valence-corrected chi connectivity index (χ1v) is 10.6. The number of carbonyl (C=O) groups excluding carboxylic acids is 2. The monoisotopic (exact) mass is 400 g/mol. The van der Waals surface area contributed by atoms with E-state index in [0.29, 0.717) is 17.8 Å². The van der Waals surface area contributed by atoms with Gasteiger partial charge in [-0.05, 0) is 43.2 Å². The topological polar surface area (TPSA) is 83.6 Å². The zero-order valence-corrected chi connectivity index (χ0v) is 17.3. The average molecular weight is 401 g/mol. The number of sulfonamides is 1. The van der Waals surface area contributed by atoms with Crippen molar-refractivity contribution in [3.05, 3.63) is 53.6 Å². The van der Waals surface area contributed by atoms with E-state index in [-0.39, 0.29) is 16.6 Å². The summed E-state index contributed by atoms with van der Waals surface area (Å²) in [7, 11) is -3.86. The van der Waals surface area contributed by atoms with Crippen LogP contribution in [0.3, 0.4) is 0 Å². The summed E-state index contributed by atoms with van der Waals surface area (Å²) >= 11 is 0. The number of ketones is 1. The minimum absolute atomic E-state index is 0.000386. The van der Waals surface area contributed by atoms with Crippen molar-refractivity contribution < 1.29 is 18.0 Å². The maximum absolute atomic E-state index is 12.7. The van der Waals surface area contributed by atoms with Crippen LogP contribution in [0.25, 0.3) is 0 Å². The van der Waals surface area contributed by atoms with Gasteiger partial charge >= 0.3 is 0 Å². The quantitative estimate of drug-likeness (QED) is 0.795. The number of rotatable bonds is 4. The lowest BCUT2D eigenvalue weighted by Crippen LogP contribution is -2.38. The van der Waals surface area contributed by atoms with Crippen LogP contribution in [0, 0.1) is 5.41 Å². The Labute approximate surface area is 165 Å². The van der Waals surface area contributed by atoms with E-state index in [1.54, 1.807) is 23.1 Å². The summed E-state index contributed by atoms with van der Waals surface area (Å²) in [6.45, 7) is 7.56. The van der Waals surface area contributed by atoms with Gasteiger partial charge in [0, 0.05) is 23.2 Å². The molecule has 7 heteroatoms. The normalized spacial score (nSPS) is 13.9. The molecule has 6 nitrogen and oxygen atoms in total. The number of Topliss-reactive ketones (excluding diaryl/α,β-unsaturated/α-hetero) is 1. The van der Waals surface area contributed by atoms with E-state index >= 15 is 0 Å². The van der Waals surface area contributed by atoms with Gasteiger partial charge in [0.2, 0.25) is 5.91 Å². The molecule has 1 heterocycles. The van der Waals surface area contributed by atoms with Gasteiger partial charge in [-0.25, -0.2) is 8.42 Å². The predicted octanol–water partition coefficient (Wildman–Crippen LogP) is 3.63. The van der Waals surface area contributed by atoms with Crippen LogP contribution < -0.4 is 9.62 Å². The smallest absolute Gasteiger partial charge is 0.261 e. The molecule has 0 aliphatic carbocycles. The Hall–Kier alpha value is -2.67. The minimum Gasteiger partial charge on any atom is -0.311 e. The van der Waals surface area contributed by atoms with Crippen LogP contribution in [-0.4, -0.2) is 26.7 Å². The summed E-state index contributed by atoms with van der Waals surface area (Å²) in [6.07, 6.45) is 0.741. The first kappa shape index (κ1) is 20.1. The second-order valence-corrected chi connectivity index (χ2v) is 9.67. The number of hydrogen-bond donors (Lipinski definition) is 1. The number of nitrogens with zero attached hydrogens (tertiary/aromatic N) is 1. The van der Waals surface area contributed by atoms with Gasteiger partial charge in [0.1, 0.15) is 0 Å². The fraction of sp³-hybridized carbons (Fsp3) is 0.333. The molecule has 1 amide bonds. The van der Waals surface area contributed by atoms with Crippen molar-refractivity contribution in [2.45, 2.75) is 39.0 Å². The Kier molecular flexibility index (Phi) is 5.06. The first-order chi connectivity index (χ1) is 13.0. The lowest BCUT2D eigenvalue weighted by Gasteiger charge is -2.26. The number of amides is 1. The molecule has 2 aromatic carbocycles. The third-order valence-electron chi connectivity index (χ3n) is 4.67. The fourth-order valence-corrected chi connectivity index (χ4v) is 4.25. The van der Waals surface area contributed by atoms with E-state index < -0.39 is 15.4 Å². The van der Waals surface area contributed by atoms with Gasteiger partial charge in [0.25, 0.3) is 10.0 Å². The number of hydrogen-bond acceptors (Lipinski definition) is 4. The second kappa shape index (κ2) is 7.05. The molecule has 0 radical (unpaired) electrons. The molecule has 0 saturated carbocycles. The maximum Gasteiger partial charge on any atom is 0.261 e. The van der Waals surface area contributed by atoms with Crippen molar-refractivity contribution in [2.75, 3.05) is 16.2 Å². The van der Waals surface area contributed by atoms with E-state index in [2.05, 4.69) is 4.72 Å². The molecular weight excluding hydrogens is 376 g/mol. The van der Waals surface area contributed by atoms with Crippen molar-refractivity contribution >= 4 is 33.1 Å². The third-order valence-corrected chi connectivity index (χ3v) is 6.05. The second-order valence-electron chi connectivity index (χ2n) is 7.99. The summed E-state index contributed by atoms with van der Waals surface area (Å²) in [4.78, 5) is 26.0. The number of benzene rings is 2. The van der Waals surface area contributed by atoms with Gasteiger partial charge in [-0.3, -0.25) is 14.3 Å². The minimum atomic E-state index is -3.86. The van der Waals surface area contributed by atoms with Crippen molar-refractivity contribution in [2.24, 2.45) is 5.41 Å². The van der Waals surface area contributed by atoms with Gasteiger partial charge in [-0.2, -0.15) is 0 Å². The van der Waals surface area contributed by atoms with E-state index in [1.165, 1.54) is 25.1 Å². The lowest BCUT2D eigenvalue weighted by atomic mass is 9.94. The van der Waals surface area contributed by atoms with Gasteiger partial charge in [-0.1, -0.05) is 39.0 Å². The zero-order valence-electron chi connectivity index (χ0n) is 16.4. The third kappa shape index (κ3) is 3.94. The molecule has 3 rings (SSSR count). The molecule has 2 aromatic rings. The highest BCUT2D eigenvalue weighted by molar-refractivity contribution is 7.92. The van der Waals surface area contributed by atoms with Crippen molar-refractivity contribution in [3.8, 4) is 0 Å². The van der Waals surface area contributed by atoms with Crippen molar-refractivity contribution in [1.29, 1.82) is 0 Å². The van der Waals surface area contributed by atoms with Crippen LogP contribution >= 0.6 is 0 Å². The molecule has 0 fully saturated rings. The standard InChI is InChI=1S/C21H24N2O4S/c1-14(24)16-6-5-7-18(12-16)28(26,27)22-17-9-8-15-10-11-23(19(15)13-17)20(25)21(2,3)4/h5-9,12-13,22H,10-11H2,1-4H3. The molecule has 0 bridgehead atoms. The van der Waals surface area contributed by atoms with Gasteiger partial charge in [0.05, 0.1) is 10.6 Å².